The molecule has 0 radical (unpaired) electrons. The quantitative estimate of drug-likeness (QED) is 0.706. The van der Waals surface area contributed by atoms with E-state index in [0.717, 1.165) is 6.92 Å². The van der Waals surface area contributed by atoms with E-state index in [1.165, 1.54) is 13.8 Å². The zero-order valence-corrected chi connectivity index (χ0v) is 14.6. The van der Waals surface area contributed by atoms with E-state index >= 15 is 0 Å². The predicted molar refractivity (Wildman–Crippen MR) is 79.2 cm³/mol. The maximum atomic E-state index is 14.5. The third-order valence-corrected chi connectivity index (χ3v) is 5.92. The number of hydrogen-bond donors (Lipinski definition) is 1. The molecule has 148 valence electrons. The molecule has 0 amide bonds. The van der Waals surface area contributed by atoms with Crippen molar-refractivity contribution in [1.29, 1.82) is 0 Å². The lowest BCUT2D eigenvalue weighted by molar-refractivity contribution is -0.349. The van der Waals surface area contributed by atoms with Crippen LogP contribution in [0.5, 0.6) is 0 Å². The third-order valence-electron chi connectivity index (χ3n) is 3.93. The molecule has 26 heavy (non-hydrogen) atoms. The second kappa shape index (κ2) is 7.16. The first-order valence-corrected chi connectivity index (χ1v) is 8.42. The van der Waals surface area contributed by atoms with Crippen LogP contribution in [0.2, 0.25) is 0 Å². The van der Waals surface area contributed by atoms with Gasteiger partial charge in [0.2, 0.25) is 0 Å². The second-order valence-electron chi connectivity index (χ2n) is 5.59. The molecule has 0 saturated heterocycles. The minimum absolute atomic E-state index is 0.0903. The lowest BCUT2D eigenvalue weighted by atomic mass is 9.91. The molecule has 1 rings (SSSR count). The van der Waals surface area contributed by atoms with E-state index in [9.17, 15) is 39.7 Å². The van der Waals surface area contributed by atoms with Crippen LogP contribution in [0.4, 0.5) is 30.7 Å². The smallest absolute Gasteiger partial charge is 0.435 e. The van der Waals surface area contributed by atoms with Crippen LogP contribution in [-0.2, 0) is 16.5 Å². The lowest BCUT2D eigenvalue weighted by Crippen LogP contribution is -2.51. The maximum absolute atomic E-state index is 14.5. The molecule has 0 heterocycles. The van der Waals surface area contributed by atoms with Crippen molar-refractivity contribution in [2.45, 2.75) is 55.4 Å². The molecular weight excluding hydrogens is 393 g/mol. The Morgan fingerprint density at radius 3 is 1.92 bits per heavy atom. The average Bonchev–Trinajstić information content (AvgIpc) is 2.49. The van der Waals surface area contributed by atoms with Crippen LogP contribution in [0.1, 0.15) is 41.8 Å². The van der Waals surface area contributed by atoms with Crippen LogP contribution < -0.4 is 0 Å². The Morgan fingerprint density at radius 2 is 1.58 bits per heavy atom. The molecule has 0 bridgehead atoms. The Bertz CT molecular complexity index is 711. The van der Waals surface area contributed by atoms with Crippen molar-refractivity contribution >= 4 is 16.8 Å². The van der Waals surface area contributed by atoms with Gasteiger partial charge in [-0.15, -0.1) is 0 Å². The number of carbonyl (C=O) groups is 1. The summed E-state index contributed by atoms with van der Waals surface area (Å²) in [6, 6.07) is 0.531. The minimum atomic E-state index is -6.39. The first-order chi connectivity index (χ1) is 11.6. The van der Waals surface area contributed by atoms with Crippen molar-refractivity contribution in [2.24, 2.45) is 0 Å². The van der Waals surface area contributed by atoms with Crippen LogP contribution in [0.15, 0.2) is 17.0 Å². The molecule has 2 atom stereocenters. The third kappa shape index (κ3) is 3.58. The molecule has 0 aliphatic heterocycles. The summed E-state index contributed by atoms with van der Waals surface area (Å²) in [6.07, 6.45) is -12.7. The standard InChI is InChI=1S/C15H15F7O3S/c1-4-7(2)26(25)11-8(3)9(12(23)24)5-6-10(11)13(16,14(17,18)19)15(20,21)22/h5-7H,4H2,1-3H3,(H,23,24). The van der Waals surface area contributed by atoms with Crippen LogP contribution in [-0.4, -0.2) is 32.9 Å². The highest BCUT2D eigenvalue weighted by Crippen LogP contribution is 2.55. The molecule has 0 fully saturated rings. The molecule has 1 aromatic carbocycles. The van der Waals surface area contributed by atoms with Gasteiger partial charge in [-0.3, -0.25) is 4.21 Å². The molecule has 0 aliphatic rings. The number of carboxylic acid groups (broad SMARTS) is 1. The van der Waals surface area contributed by atoms with E-state index in [-0.39, 0.29) is 12.5 Å². The Kier molecular flexibility index (Phi) is 6.17. The van der Waals surface area contributed by atoms with Crippen molar-refractivity contribution in [2.75, 3.05) is 0 Å². The van der Waals surface area contributed by atoms with E-state index in [4.69, 9.17) is 5.11 Å². The van der Waals surface area contributed by atoms with Crippen molar-refractivity contribution in [3.8, 4) is 0 Å². The van der Waals surface area contributed by atoms with Crippen LogP contribution >= 0.6 is 0 Å². The van der Waals surface area contributed by atoms with Gasteiger partial charge in [0.15, 0.2) is 0 Å². The summed E-state index contributed by atoms with van der Waals surface area (Å²) in [7, 11) is -2.50. The topological polar surface area (TPSA) is 54.4 Å². The summed E-state index contributed by atoms with van der Waals surface area (Å²) in [5.41, 5.74) is -8.96. The van der Waals surface area contributed by atoms with Crippen molar-refractivity contribution in [3.05, 3.63) is 28.8 Å². The maximum Gasteiger partial charge on any atom is 0.435 e. The van der Waals surface area contributed by atoms with Gasteiger partial charge in [0.05, 0.1) is 16.4 Å². The minimum Gasteiger partial charge on any atom is -0.478 e. The number of alkyl halides is 7. The Hall–Kier alpha value is -1.65. The number of hydrogen-bond acceptors (Lipinski definition) is 2. The van der Waals surface area contributed by atoms with Gasteiger partial charge in [-0.25, -0.2) is 9.18 Å². The van der Waals surface area contributed by atoms with E-state index < -0.39 is 61.6 Å². The highest BCUT2D eigenvalue weighted by Gasteiger charge is 2.74. The molecule has 1 N–H and O–H groups in total. The molecule has 0 saturated carbocycles. The molecule has 11 heteroatoms. The lowest BCUT2D eigenvalue weighted by Gasteiger charge is -2.32. The fourth-order valence-corrected chi connectivity index (χ4v) is 3.81. The summed E-state index contributed by atoms with van der Waals surface area (Å²) in [5.74, 6) is -1.65. The van der Waals surface area contributed by atoms with Crippen molar-refractivity contribution < 1.29 is 44.8 Å². The first kappa shape index (κ1) is 22.4. The summed E-state index contributed by atoms with van der Waals surface area (Å²) < 4.78 is 106. The zero-order valence-electron chi connectivity index (χ0n) is 13.8. The van der Waals surface area contributed by atoms with Crippen molar-refractivity contribution in [1.82, 2.24) is 0 Å². The van der Waals surface area contributed by atoms with Gasteiger partial charge in [-0.1, -0.05) is 19.9 Å². The summed E-state index contributed by atoms with van der Waals surface area (Å²) >= 11 is 0. The number of benzene rings is 1. The van der Waals surface area contributed by atoms with Gasteiger partial charge < -0.3 is 5.11 Å². The fraction of sp³-hybridized carbons (Fsp3) is 0.533. The molecule has 2 unspecified atom stereocenters. The Labute approximate surface area is 146 Å². The van der Waals surface area contributed by atoms with Gasteiger partial charge in [0.25, 0.3) is 0 Å². The van der Waals surface area contributed by atoms with Crippen LogP contribution in [0, 0.1) is 6.92 Å². The molecule has 0 spiro atoms. The number of rotatable bonds is 5. The molecule has 1 aromatic rings. The monoisotopic (exact) mass is 408 g/mol. The summed E-state index contributed by atoms with van der Waals surface area (Å²) in [4.78, 5) is 10.1. The second-order valence-corrected chi connectivity index (χ2v) is 7.40. The normalized spacial score (nSPS) is 15.6. The fourth-order valence-electron chi connectivity index (χ4n) is 2.27. The highest BCUT2D eigenvalue weighted by molar-refractivity contribution is 7.85. The number of carboxylic acids is 1. The van der Waals surface area contributed by atoms with Gasteiger partial charge in [-0.05, 0) is 25.0 Å². The average molecular weight is 408 g/mol. The Balaban J connectivity index is 4.00. The van der Waals surface area contributed by atoms with Crippen LogP contribution in [0.3, 0.4) is 0 Å². The van der Waals surface area contributed by atoms with Gasteiger partial charge in [0.1, 0.15) is 0 Å². The zero-order chi connectivity index (χ0) is 20.7. The SMILES string of the molecule is CCC(C)S(=O)c1c(C(F)(C(F)(F)F)C(F)(F)F)ccc(C(=O)O)c1C. The highest BCUT2D eigenvalue weighted by atomic mass is 32.2. The molecule has 0 aliphatic carbocycles. The first-order valence-electron chi connectivity index (χ1n) is 7.21. The van der Waals surface area contributed by atoms with E-state index in [1.807, 2.05) is 0 Å². The van der Waals surface area contributed by atoms with Gasteiger partial charge in [-0.2, -0.15) is 26.3 Å². The number of aromatic carboxylic acids is 1. The van der Waals surface area contributed by atoms with E-state index in [2.05, 4.69) is 0 Å². The Morgan fingerprint density at radius 1 is 1.12 bits per heavy atom. The van der Waals surface area contributed by atoms with Crippen molar-refractivity contribution in [3.63, 3.8) is 0 Å². The van der Waals surface area contributed by atoms with E-state index in [1.54, 1.807) is 0 Å². The molecule has 3 nitrogen and oxygen atoms in total. The number of halogens is 7. The largest absolute Gasteiger partial charge is 0.478 e. The predicted octanol–water partition coefficient (Wildman–Crippen LogP) is 4.89. The van der Waals surface area contributed by atoms with Crippen LogP contribution in [0.25, 0.3) is 0 Å². The summed E-state index contributed by atoms with van der Waals surface area (Å²) in [5, 5.41) is 8.12. The molecule has 0 aromatic heterocycles. The van der Waals surface area contributed by atoms with Gasteiger partial charge in [0, 0.05) is 15.7 Å². The summed E-state index contributed by atoms with van der Waals surface area (Å²) in [6.45, 7) is 3.67. The molecular formula is C15H15F7O3S. The van der Waals surface area contributed by atoms with Gasteiger partial charge >= 0.3 is 24.0 Å². The van der Waals surface area contributed by atoms with E-state index in [0.29, 0.717) is 6.07 Å².